The summed E-state index contributed by atoms with van der Waals surface area (Å²) < 4.78 is 6.48. The van der Waals surface area contributed by atoms with Crippen molar-refractivity contribution in [3.8, 4) is 11.8 Å². The fourth-order valence-corrected chi connectivity index (χ4v) is 4.23. The Bertz CT molecular complexity index is 1380. The van der Waals surface area contributed by atoms with Crippen LogP contribution in [-0.2, 0) is 0 Å². The van der Waals surface area contributed by atoms with Crippen molar-refractivity contribution in [3.63, 3.8) is 0 Å². The van der Waals surface area contributed by atoms with Gasteiger partial charge in [-0.05, 0) is 36.3 Å². The summed E-state index contributed by atoms with van der Waals surface area (Å²) in [6.45, 7) is 0. The number of carbonyl (C=O) groups excluding carboxylic acids is 2. The van der Waals surface area contributed by atoms with Crippen LogP contribution in [0.4, 0.5) is 0 Å². The Balaban J connectivity index is 1.46. The average Bonchev–Trinajstić information content (AvgIpc) is 3.35. The number of Topliss-reactive ketones (excluding diaryl/α,β-unsaturated/α-hetero) is 2. The second-order valence-corrected chi connectivity index (χ2v) is 8.33. The molecule has 2 heterocycles. The predicted molar refractivity (Wildman–Crippen MR) is 117 cm³/mol. The van der Waals surface area contributed by atoms with Gasteiger partial charge < -0.3 is 4.42 Å². The van der Waals surface area contributed by atoms with Crippen LogP contribution >= 0.6 is 34.5 Å². The molecule has 0 atom stereocenters. The molecule has 4 nitrogen and oxygen atoms in total. The molecule has 5 rings (SSSR count). The molecule has 0 amide bonds. The van der Waals surface area contributed by atoms with E-state index in [1.165, 1.54) is 29.5 Å². The van der Waals surface area contributed by atoms with Crippen LogP contribution in [0.1, 0.15) is 37.0 Å². The molecule has 0 saturated carbocycles. The Kier molecular flexibility index (Phi) is 4.56. The summed E-state index contributed by atoms with van der Waals surface area (Å²) in [5, 5.41) is 1.07. The first-order valence-electron chi connectivity index (χ1n) is 8.77. The SMILES string of the molecule is O=C1C(=Cc2cc3sc(C#Cc4ccccc4)nc3o2)C(=O)c2cc(Cl)c(Cl)cc21. The zero-order chi connectivity index (χ0) is 20.8. The number of benzene rings is 2. The molecule has 30 heavy (non-hydrogen) atoms. The molecule has 0 aliphatic heterocycles. The van der Waals surface area contributed by atoms with Gasteiger partial charge in [0.15, 0.2) is 16.6 Å². The molecule has 2 aromatic heterocycles. The lowest BCUT2D eigenvalue weighted by Crippen LogP contribution is -1.99. The van der Waals surface area contributed by atoms with Crippen molar-refractivity contribution in [2.75, 3.05) is 0 Å². The summed E-state index contributed by atoms with van der Waals surface area (Å²) in [6.07, 6.45) is 1.43. The van der Waals surface area contributed by atoms with Crippen LogP contribution in [-0.4, -0.2) is 16.6 Å². The number of hydrogen-bond donors (Lipinski definition) is 0. The average molecular weight is 450 g/mol. The number of allylic oxidation sites excluding steroid dienone is 1. The van der Waals surface area contributed by atoms with Crippen molar-refractivity contribution < 1.29 is 14.0 Å². The number of rotatable bonds is 1. The van der Waals surface area contributed by atoms with Crippen LogP contribution in [0.15, 0.2) is 58.5 Å². The number of halogens is 2. The highest BCUT2D eigenvalue weighted by molar-refractivity contribution is 7.19. The molecule has 0 radical (unpaired) electrons. The van der Waals surface area contributed by atoms with Crippen LogP contribution in [0.2, 0.25) is 10.0 Å². The van der Waals surface area contributed by atoms with Gasteiger partial charge in [-0.3, -0.25) is 9.59 Å². The van der Waals surface area contributed by atoms with E-state index in [9.17, 15) is 9.59 Å². The molecular formula is C23H9Cl2NO3S. The van der Waals surface area contributed by atoms with Crippen molar-refractivity contribution in [1.29, 1.82) is 0 Å². The zero-order valence-corrected chi connectivity index (χ0v) is 17.4. The number of nitrogens with zero attached hydrogens (tertiary/aromatic N) is 1. The van der Waals surface area contributed by atoms with Gasteiger partial charge in [-0.25, -0.2) is 0 Å². The molecule has 0 N–H and O–H groups in total. The third-order valence-corrected chi connectivity index (χ3v) is 6.14. The van der Waals surface area contributed by atoms with Gasteiger partial charge in [0.25, 0.3) is 0 Å². The summed E-state index contributed by atoms with van der Waals surface area (Å²) >= 11 is 13.3. The molecule has 144 valence electrons. The van der Waals surface area contributed by atoms with Crippen LogP contribution in [0.5, 0.6) is 0 Å². The quantitative estimate of drug-likeness (QED) is 0.201. The molecular weight excluding hydrogens is 441 g/mol. The third-order valence-electron chi connectivity index (χ3n) is 4.52. The monoisotopic (exact) mass is 449 g/mol. The minimum atomic E-state index is -0.407. The maximum Gasteiger partial charge on any atom is 0.238 e. The van der Waals surface area contributed by atoms with Gasteiger partial charge in [0.05, 0.1) is 20.3 Å². The summed E-state index contributed by atoms with van der Waals surface area (Å²) in [6, 6.07) is 14.2. The normalized spacial score (nSPS) is 12.8. The van der Waals surface area contributed by atoms with Crippen molar-refractivity contribution >= 4 is 62.6 Å². The number of fused-ring (bicyclic) bond motifs is 2. The van der Waals surface area contributed by atoms with Gasteiger partial charge in [0, 0.05) is 22.8 Å². The Morgan fingerprint density at radius 1 is 0.933 bits per heavy atom. The second-order valence-electron chi connectivity index (χ2n) is 6.48. The van der Waals surface area contributed by atoms with Crippen molar-refractivity contribution in [1.82, 2.24) is 4.98 Å². The Morgan fingerprint density at radius 3 is 2.23 bits per heavy atom. The molecule has 1 aliphatic rings. The minimum absolute atomic E-state index is 0.00818. The highest BCUT2D eigenvalue weighted by Crippen LogP contribution is 2.35. The number of carbonyl (C=O) groups is 2. The predicted octanol–water partition coefficient (Wildman–Crippen LogP) is 6.06. The van der Waals surface area contributed by atoms with Gasteiger partial charge >= 0.3 is 0 Å². The molecule has 0 fully saturated rings. The molecule has 4 aromatic rings. The summed E-state index contributed by atoms with van der Waals surface area (Å²) in [5.74, 6) is 5.62. The maximum atomic E-state index is 12.6. The largest absolute Gasteiger partial charge is 0.437 e. The van der Waals surface area contributed by atoms with Gasteiger partial charge in [-0.2, -0.15) is 4.98 Å². The van der Waals surface area contributed by atoms with E-state index in [1.807, 2.05) is 30.3 Å². The van der Waals surface area contributed by atoms with E-state index in [2.05, 4.69) is 16.8 Å². The van der Waals surface area contributed by atoms with Crippen molar-refractivity contribution in [2.45, 2.75) is 0 Å². The molecule has 0 spiro atoms. The first-order chi connectivity index (χ1) is 14.5. The Morgan fingerprint density at radius 2 is 1.60 bits per heavy atom. The number of ketones is 2. The first-order valence-corrected chi connectivity index (χ1v) is 10.3. The third kappa shape index (κ3) is 3.25. The zero-order valence-electron chi connectivity index (χ0n) is 15.0. The summed E-state index contributed by atoms with van der Waals surface area (Å²) in [4.78, 5) is 29.6. The van der Waals surface area contributed by atoms with Crippen molar-refractivity contribution in [2.24, 2.45) is 0 Å². The summed E-state index contributed by atoms with van der Waals surface area (Å²) in [5.41, 5.74) is 1.79. The van der Waals surface area contributed by atoms with E-state index < -0.39 is 11.6 Å². The van der Waals surface area contributed by atoms with E-state index in [-0.39, 0.29) is 26.7 Å². The highest BCUT2D eigenvalue weighted by Gasteiger charge is 2.34. The first kappa shape index (κ1) is 18.8. The smallest absolute Gasteiger partial charge is 0.238 e. The maximum absolute atomic E-state index is 12.6. The number of aromatic nitrogens is 1. The fraction of sp³-hybridized carbons (Fsp3) is 0. The van der Waals surface area contributed by atoms with Gasteiger partial charge in [0.1, 0.15) is 5.76 Å². The van der Waals surface area contributed by atoms with Gasteiger partial charge in [-0.15, -0.1) is 11.3 Å². The fourth-order valence-electron chi connectivity index (χ4n) is 3.11. The lowest BCUT2D eigenvalue weighted by Gasteiger charge is -1.98. The summed E-state index contributed by atoms with van der Waals surface area (Å²) in [7, 11) is 0. The minimum Gasteiger partial charge on any atom is -0.437 e. The second kappa shape index (κ2) is 7.26. The number of furan rings is 1. The molecule has 1 aliphatic carbocycles. The van der Waals surface area contributed by atoms with E-state index in [0.717, 1.165) is 10.3 Å². The van der Waals surface area contributed by atoms with Crippen molar-refractivity contribution in [3.05, 3.63) is 91.6 Å². The van der Waals surface area contributed by atoms with Gasteiger partial charge in [-0.1, -0.05) is 47.3 Å². The van der Waals surface area contributed by atoms with Crippen LogP contribution in [0, 0.1) is 11.8 Å². The molecule has 0 saturated heterocycles. The number of thiazole rings is 1. The molecule has 0 bridgehead atoms. The highest BCUT2D eigenvalue weighted by atomic mass is 35.5. The lowest BCUT2D eigenvalue weighted by molar-refractivity contribution is 0.0990. The van der Waals surface area contributed by atoms with E-state index in [4.69, 9.17) is 27.6 Å². The molecule has 0 unspecified atom stereocenters. The van der Waals surface area contributed by atoms with Crippen LogP contribution in [0.3, 0.4) is 0 Å². The van der Waals surface area contributed by atoms with E-state index in [1.54, 1.807) is 6.07 Å². The topological polar surface area (TPSA) is 60.2 Å². The number of hydrogen-bond acceptors (Lipinski definition) is 5. The molecule has 7 heteroatoms. The van der Waals surface area contributed by atoms with Gasteiger partial charge in [0.2, 0.25) is 5.71 Å². The lowest BCUT2D eigenvalue weighted by atomic mass is 10.1. The Hall–Kier alpha value is -3.17. The van der Waals surface area contributed by atoms with E-state index >= 15 is 0 Å². The standard InChI is InChI=1S/C23H9Cl2NO3S/c24-17-10-14-15(11-18(17)25)22(28)16(21(14)27)8-13-9-19-23(29-13)26-20(30-19)7-6-12-4-2-1-3-5-12/h1-5,8-11H. The molecule has 2 aromatic carbocycles. The van der Waals surface area contributed by atoms with Crippen LogP contribution < -0.4 is 0 Å². The van der Waals surface area contributed by atoms with E-state index in [0.29, 0.717) is 16.5 Å². The van der Waals surface area contributed by atoms with Crippen LogP contribution in [0.25, 0.3) is 16.5 Å². The Labute approximate surface area is 184 Å².